The van der Waals surface area contributed by atoms with Crippen LogP contribution < -0.4 is 14.8 Å². The van der Waals surface area contributed by atoms with E-state index in [0.29, 0.717) is 35.8 Å². The molecule has 1 N–H and O–H groups in total. The molecule has 0 saturated carbocycles. The molecule has 0 radical (unpaired) electrons. The number of carbonyl (C=O) groups is 1. The number of rotatable bonds is 6. The summed E-state index contributed by atoms with van der Waals surface area (Å²) in [5.41, 5.74) is 1.65. The largest absolute Gasteiger partial charge is 0.497 e. The van der Waals surface area contributed by atoms with Crippen molar-refractivity contribution in [1.29, 1.82) is 0 Å². The van der Waals surface area contributed by atoms with E-state index in [0.717, 1.165) is 11.3 Å². The smallest absolute Gasteiger partial charge is 0.412 e. The Bertz CT molecular complexity index is 990. The Morgan fingerprint density at radius 3 is 2.55 bits per heavy atom. The highest BCUT2D eigenvalue weighted by Gasteiger charge is 2.18. The SMILES string of the molecule is CCOc1nn(Cc2ccc(OC)cc2)c2ncc(NC(=O)OC(C)(C)C)cc12. The van der Waals surface area contributed by atoms with Crippen molar-refractivity contribution in [1.82, 2.24) is 14.8 Å². The van der Waals surface area contributed by atoms with E-state index in [4.69, 9.17) is 14.2 Å². The number of nitrogens with zero attached hydrogens (tertiary/aromatic N) is 3. The van der Waals surface area contributed by atoms with Crippen LogP contribution in [0.2, 0.25) is 0 Å². The molecule has 1 aromatic carbocycles. The molecule has 3 rings (SSSR count). The highest BCUT2D eigenvalue weighted by molar-refractivity contribution is 5.90. The van der Waals surface area contributed by atoms with Gasteiger partial charge in [-0.3, -0.25) is 5.32 Å². The second kappa shape index (κ2) is 8.38. The van der Waals surface area contributed by atoms with Gasteiger partial charge in [-0.2, -0.15) is 0 Å². The molecule has 2 heterocycles. The summed E-state index contributed by atoms with van der Waals surface area (Å²) in [6.45, 7) is 8.32. The molecule has 0 bridgehead atoms. The van der Waals surface area contributed by atoms with E-state index >= 15 is 0 Å². The lowest BCUT2D eigenvalue weighted by molar-refractivity contribution is 0.0636. The number of carbonyl (C=O) groups excluding carboxylic acids is 1. The van der Waals surface area contributed by atoms with Crippen molar-refractivity contribution < 1.29 is 19.0 Å². The number of amides is 1. The van der Waals surface area contributed by atoms with Gasteiger partial charge >= 0.3 is 6.09 Å². The molecule has 8 heteroatoms. The summed E-state index contributed by atoms with van der Waals surface area (Å²) in [7, 11) is 1.64. The van der Waals surface area contributed by atoms with Gasteiger partial charge in [0, 0.05) is 0 Å². The third kappa shape index (κ3) is 5.16. The predicted molar refractivity (Wildman–Crippen MR) is 111 cm³/mol. The Morgan fingerprint density at radius 2 is 1.93 bits per heavy atom. The number of methoxy groups -OCH3 is 1. The third-order valence-electron chi connectivity index (χ3n) is 3.97. The van der Waals surface area contributed by atoms with Gasteiger partial charge in [0.2, 0.25) is 5.88 Å². The Balaban J connectivity index is 1.88. The Labute approximate surface area is 169 Å². The van der Waals surface area contributed by atoms with E-state index in [1.807, 2.05) is 52.0 Å². The van der Waals surface area contributed by atoms with Crippen molar-refractivity contribution >= 4 is 22.8 Å². The van der Waals surface area contributed by atoms with Gasteiger partial charge in [0.15, 0.2) is 5.65 Å². The van der Waals surface area contributed by atoms with E-state index in [1.165, 1.54) is 0 Å². The molecule has 0 spiro atoms. The maximum Gasteiger partial charge on any atom is 0.412 e. The summed E-state index contributed by atoms with van der Waals surface area (Å²) >= 11 is 0. The van der Waals surface area contributed by atoms with Gasteiger partial charge < -0.3 is 14.2 Å². The first-order valence-electron chi connectivity index (χ1n) is 9.41. The van der Waals surface area contributed by atoms with E-state index in [2.05, 4.69) is 15.4 Å². The van der Waals surface area contributed by atoms with Gasteiger partial charge in [0.1, 0.15) is 11.4 Å². The number of hydrogen-bond acceptors (Lipinski definition) is 6. The van der Waals surface area contributed by atoms with E-state index in [1.54, 1.807) is 24.1 Å². The highest BCUT2D eigenvalue weighted by atomic mass is 16.6. The zero-order valence-corrected chi connectivity index (χ0v) is 17.4. The lowest BCUT2D eigenvalue weighted by atomic mass is 10.2. The second-order valence-corrected chi connectivity index (χ2v) is 7.47. The quantitative estimate of drug-likeness (QED) is 0.668. The number of pyridine rings is 1. The van der Waals surface area contributed by atoms with E-state index in [-0.39, 0.29) is 0 Å². The predicted octanol–water partition coefficient (Wildman–Crippen LogP) is 4.23. The molecule has 0 saturated heterocycles. The topological polar surface area (TPSA) is 87.5 Å². The molecule has 8 nitrogen and oxygen atoms in total. The minimum absolute atomic E-state index is 0.469. The molecule has 0 aliphatic heterocycles. The van der Waals surface area contributed by atoms with E-state index < -0.39 is 11.7 Å². The van der Waals surface area contributed by atoms with Crippen molar-refractivity contribution in [3.63, 3.8) is 0 Å². The van der Waals surface area contributed by atoms with E-state index in [9.17, 15) is 4.79 Å². The van der Waals surface area contributed by atoms with Crippen molar-refractivity contribution in [2.24, 2.45) is 0 Å². The van der Waals surface area contributed by atoms with Crippen LogP contribution in [0.15, 0.2) is 36.5 Å². The number of aromatic nitrogens is 3. The normalized spacial score (nSPS) is 11.3. The first kappa shape index (κ1) is 20.4. The highest BCUT2D eigenvalue weighted by Crippen LogP contribution is 2.27. The van der Waals surface area contributed by atoms with Crippen molar-refractivity contribution in [2.45, 2.75) is 39.8 Å². The van der Waals surface area contributed by atoms with Gasteiger partial charge in [0.05, 0.1) is 37.5 Å². The number of anilines is 1. The lowest BCUT2D eigenvalue weighted by Crippen LogP contribution is -2.27. The Kier molecular flexibility index (Phi) is 5.91. The average Bonchev–Trinajstić information content (AvgIpc) is 2.98. The molecule has 0 aliphatic rings. The van der Waals surface area contributed by atoms with Crippen LogP contribution in [0.3, 0.4) is 0 Å². The van der Waals surface area contributed by atoms with Crippen LogP contribution in [-0.4, -0.2) is 40.2 Å². The van der Waals surface area contributed by atoms with Crippen LogP contribution in [0.5, 0.6) is 11.6 Å². The van der Waals surface area contributed by atoms with Crippen LogP contribution in [0.25, 0.3) is 11.0 Å². The zero-order chi connectivity index (χ0) is 21.0. The van der Waals surface area contributed by atoms with Gasteiger partial charge in [0.25, 0.3) is 0 Å². The van der Waals surface area contributed by atoms with Crippen LogP contribution in [-0.2, 0) is 11.3 Å². The molecular weight excluding hydrogens is 372 g/mol. The number of nitrogens with one attached hydrogen (secondary N) is 1. The summed E-state index contributed by atoms with van der Waals surface area (Å²) in [5.74, 6) is 1.27. The number of ether oxygens (including phenoxy) is 3. The molecule has 154 valence electrons. The first-order chi connectivity index (χ1) is 13.8. The molecule has 1 amide bonds. The standard InChI is InChI=1S/C21H26N4O4/c1-6-28-19-17-11-15(23-20(26)29-21(2,3)4)12-22-18(17)25(24-19)13-14-7-9-16(27-5)10-8-14/h7-12H,6,13H2,1-5H3,(H,23,26). The lowest BCUT2D eigenvalue weighted by Gasteiger charge is -2.19. The van der Waals surface area contributed by atoms with Crippen LogP contribution in [0, 0.1) is 0 Å². The zero-order valence-electron chi connectivity index (χ0n) is 17.4. The molecule has 0 unspecified atom stereocenters. The van der Waals surface area contributed by atoms with Gasteiger partial charge in [-0.25, -0.2) is 14.5 Å². The van der Waals surface area contributed by atoms with Crippen molar-refractivity contribution in [3.8, 4) is 11.6 Å². The van der Waals surface area contributed by atoms with Crippen molar-refractivity contribution in [3.05, 3.63) is 42.1 Å². The summed E-state index contributed by atoms with van der Waals surface area (Å²) < 4.78 is 18.0. The summed E-state index contributed by atoms with van der Waals surface area (Å²) in [5, 5.41) is 7.97. The first-order valence-corrected chi connectivity index (χ1v) is 9.41. The molecule has 29 heavy (non-hydrogen) atoms. The summed E-state index contributed by atoms with van der Waals surface area (Å²) in [6.07, 6.45) is 1.04. The summed E-state index contributed by atoms with van der Waals surface area (Å²) in [4.78, 5) is 16.5. The van der Waals surface area contributed by atoms with Crippen LogP contribution >= 0.6 is 0 Å². The van der Waals surface area contributed by atoms with Gasteiger partial charge in [-0.1, -0.05) is 12.1 Å². The average molecular weight is 398 g/mol. The number of hydrogen-bond donors (Lipinski definition) is 1. The summed E-state index contributed by atoms with van der Waals surface area (Å²) in [6, 6.07) is 9.55. The van der Waals surface area contributed by atoms with Gasteiger partial charge in [-0.15, -0.1) is 5.10 Å². The third-order valence-corrected chi connectivity index (χ3v) is 3.97. The number of fused-ring (bicyclic) bond motifs is 1. The second-order valence-electron chi connectivity index (χ2n) is 7.47. The fourth-order valence-electron chi connectivity index (χ4n) is 2.78. The molecule has 0 atom stereocenters. The fraction of sp³-hybridized carbons (Fsp3) is 0.381. The Morgan fingerprint density at radius 1 is 1.21 bits per heavy atom. The van der Waals surface area contributed by atoms with Crippen LogP contribution in [0.1, 0.15) is 33.3 Å². The maximum absolute atomic E-state index is 12.1. The maximum atomic E-state index is 12.1. The fourth-order valence-corrected chi connectivity index (χ4v) is 2.78. The van der Waals surface area contributed by atoms with Crippen molar-refractivity contribution in [2.75, 3.05) is 19.0 Å². The molecule has 3 aromatic rings. The molecule has 0 aliphatic carbocycles. The van der Waals surface area contributed by atoms with Gasteiger partial charge in [-0.05, 0) is 51.5 Å². The number of benzene rings is 1. The monoisotopic (exact) mass is 398 g/mol. The minimum atomic E-state index is -0.582. The molecule has 0 fully saturated rings. The van der Waals surface area contributed by atoms with Crippen LogP contribution in [0.4, 0.5) is 10.5 Å². The molecule has 2 aromatic heterocycles. The Hall–Kier alpha value is -3.29. The molecular formula is C21H26N4O4. The minimum Gasteiger partial charge on any atom is -0.497 e.